The summed E-state index contributed by atoms with van der Waals surface area (Å²) in [6, 6.07) is 0.833. The Bertz CT molecular complexity index is 293. The van der Waals surface area contributed by atoms with Gasteiger partial charge in [-0.05, 0) is 52.2 Å². The van der Waals surface area contributed by atoms with Crippen LogP contribution in [0.5, 0.6) is 0 Å². The first-order chi connectivity index (χ1) is 9.77. The monoisotopic (exact) mass is 353 g/mol. The van der Waals surface area contributed by atoms with Crippen molar-refractivity contribution < 1.29 is 4.79 Å². The molecule has 6 heteroatoms. The van der Waals surface area contributed by atoms with E-state index in [4.69, 9.17) is 0 Å². The van der Waals surface area contributed by atoms with E-state index in [0.29, 0.717) is 0 Å². The highest BCUT2D eigenvalue weighted by Gasteiger charge is 2.20. The first-order valence-electron chi connectivity index (χ1n) is 8.48. The van der Waals surface area contributed by atoms with Crippen LogP contribution in [0.15, 0.2) is 0 Å². The van der Waals surface area contributed by atoms with Crippen LogP contribution in [0.2, 0.25) is 0 Å². The molecule has 1 amide bonds. The molecule has 2 fully saturated rings. The Morgan fingerprint density at radius 1 is 1.09 bits per heavy atom. The number of halogens is 2. The molecule has 1 saturated heterocycles. The lowest BCUT2D eigenvalue weighted by atomic mass is 9.94. The number of amides is 1. The Morgan fingerprint density at radius 2 is 1.77 bits per heavy atom. The van der Waals surface area contributed by atoms with E-state index in [9.17, 15) is 4.79 Å². The molecule has 2 aliphatic rings. The van der Waals surface area contributed by atoms with Gasteiger partial charge in [-0.1, -0.05) is 25.7 Å². The highest BCUT2D eigenvalue weighted by Crippen LogP contribution is 2.21. The van der Waals surface area contributed by atoms with Crippen molar-refractivity contribution in [3.05, 3.63) is 0 Å². The molecule has 0 spiro atoms. The van der Waals surface area contributed by atoms with E-state index in [1.807, 2.05) is 0 Å². The third kappa shape index (κ3) is 7.49. The maximum absolute atomic E-state index is 12.0. The van der Waals surface area contributed by atoms with Crippen LogP contribution < -0.4 is 10.6 Å². The van der Waals surface area contributed by atoms with Crippen molar-refractivity contribution in [1.29, 1.82) is 0 Å². The number of nitrogens with zero attached hydrogens (tertiary/aromatic N) is 1. The van der Waals surface area contributed by atoms with E-state index >= 15 is 0 Å². The van der Waals surface area contributed by atoms with Crippen molar-refractivity contribution in [3.63, 3.8) is 0 Å². The Kier molecular flexibility index (Phi) is 12.4. The predicted molar refractivity (Wildman–Crippen MR) is 97.3 cm³/mol. The first-order valence-corrected chi connectivity index (χ1v) is 8.48. The number of rotatable bonds is 6. The number of carbonyl (C=O) groups is 1. The van der Waals surface area contributed by atoms with Gasteiger partial charge in [0.15, 0.2) is 0 Å². The molecule has 0 bridgehead atoms. The van der Waals surface area contributed by atoms with Crippen LogP contribution in [0.4, 0.5) is 0 Å². The number of hydrogen-bond donors (Lipinski definition) is 2. The fourth-order valence-electron chi connectivity index (χ4n) is 3.44. The third-order valence-corrected chi connectivity index (χ3v) is 4.81. The number of hydrogen-bond acceptors (Lipinski definition) is 3. The highest BCUT2D eigenvalue weighted by molar-refractivity contribution is 5.85. The number of nitrogens with one attached hydrogen (secondary N) is 2. The number of piperidine rings is 1. The van der Waals surface area contributed by atoms with Crippen LogP contribution in [0.1, 0.15) is 57.8 Å². The zero-order chi connectivity index (χ0) is 14.2. The average Bonchev–Trinajstić information content (AvgIpc) is 2.53. The molecule has 1 unspecified atom stereocenters. The highest BCUT2D eigenvalue weighted by atomic mass is 35.5. The van der Waals surface area contributed by atoms with Crippen LogP contribution in [-0.2, 0) is 4.79 Å². The summed E-state index contributed by atoms with van der Waals surface area (Å²) in [6.45, 7) is 2.90. The standard InChI is InChI=1S/C16H31N3O.2ClH/c1-19(14-8-3-2-4-9-14)13-7-12-18-16(20)15-10-5-6-11-17-15;;/h14-15,17H,2-13H2,1H3,(H,18,20);2*1H. The van der Waals surface area contributed by atoms with Crippen LogP contribution in [0.25, 0.3) is 0 Å². The maximum atomic E-state index is 12.0. The molecule has 0 aromatic heterocycles. The van der Waals surface area contributed by atoms with Crippen molar-refractivity contribution >= 4 is 30.7 Å². The zero-order valence-corrected chi connectivity index (χ0v) is 15.4. The minimum Gasteiger partial charge on any atom is -0.355 e. The largest absolute Gasteiger partial charge is 0.355 e. The van der Waals surface area contributed by atoms with Gasteiger partial charge in [0.1, 0.15) is 0 Å². The normalized spacial score (nSPS) is 22.5. The molecule has 1 aliphatic carbocycles. The summed E-state index contributed by atoms with van der Waals surface area (Å²) in [5.74, 6) is 0.199. The van der Waals surface area contributed by atoms with Crippen molar-refractivity contribution in [2.24, 2.45) is 0 Å². The first kappa shape index (κ1) is 22.0. The molecule has 1 saturated carbocycles. The van der Waals surface area contributed by atoms with Crippen molar-refractivity contribution in [2.45, 2.75) is 69.9 Å². The van der Waals surface area contributed by atoms with E-state index < -0.39 is 0 Å². The Labute approximate surface area is 148 Å². The van der Waals surface area contributed by atoms with E-state index in [1.165, 1.54) is 44.9 Å². The molecule has 0 radical (unpaired) electrons. The topological polar surface area (TPSA) is 44.4 Å². The minimum absolute atomic E-state index is 0. The Balaban J connectivity index is 0.00000220. The summed E-state index contributed by atoms with van der Waals surface area (Å²) in [6.07, 6.45) is 11.3. The van der Waals surface area contributed by atoms with Gasteiger partial charge in [-0.25, -0.2) is 0 Å². The van der Waals surface area contributed by atoms with E-state index in [0.717, 1.165) is 38.5 Å². The smallest absolute Gasteiger partial charge is 0.237 e. The lowest BCUT2D eigenvalue weighted by Crippen LogP contribution is -2.47. The molecule has 4 nitrogen and oxygen atoms in total. The van der Waals surface area contributed by atoms with Crippen LogP contribution in [-0.4, -0.2) is 49.6 Å². The quantitative estimate of drug-likeness (QED) is 0.721. The predicted octanol–water partition coefficient (Wildman–Crippen LogP) is 2.74. The number of carbonyl (C=O) groups excluding carboxylic acids is 1. The van der Waals surface area contributed by atoms with Gasteiger partial charge in [-0.15, -0.1) is 24.8 Å². The van der Waals surface area contributed by atoms with Crippen molar-refractivity contribution in [2.75, 3.05) is 26.7 Å². The van der Waals surface area contributed by atoms with Gasteiger partial charge in [-0.3, -0.25) is 4.79 Å². The van der Waals surface area contributed by atoms with Crippen LogP contribution in [0.3, 0.4) is 0 Å². The van der Waals surface area contributed by atoms with Gasteiger partial charge in [-0.2, -0.15) is 0 Å². The van der Waals surface area contributed by atoms with Gasteiger partial charge in [0.2, 0.25) is 5.91 Å². The molecule has 2 N–H and O–H groups in total. The molecular weight excluding hydrogens is 321 g/mol. The second-order valence-corrected chi connectivity index (χ2v) is 6.42. The van der Waals surface area contributed by atoms with Gasteiger partial charge in [0, 0.05) is 12.6 Å². The van der Waals surface area contributed by atoms with Gasteiger partial charge < -0.3 is 15.5 Å². The van der Waals surface area contributed by atoms with Crippen LogP contribution >= 0.6 is 24.8 Å². The van der Waals surface area contributed by atoms with Crippen molar-refractivity contribution in [3.8, 4) is 0 Å². The summed E-state index contributed by atoms with van der Waals surface area (Å²) < 4.78 is 0. The van der Waals surface area contributed by atoms with Gasteiger partial charge in [0.25, 0.3) is 0 Å². The minimum atomic E-state index is 0. The second-order valence-electron chi connectivity index (χ2n) is 6.42. The van der Waals surface area contributed by atoms with E-state index in [-0.39, 0.29) is 36.8 Å². The molecule has 0 aromatic rings. The van der Waals surface area contributed by atoms with E-state index in [1.54, 1.807) is 0 Å². The Morgan fingerprint density at radius 3 is 2.41 bits per heavy atom. The summed E-state index contributed by atoms with van der Waals surface area (Å²) in [7, 11) is 2.24. The SMILES string of the molecule is CN(CCCNC(=O)C1CCCCN1)C1CCCCC1.Cl.Cl. The van der Waals surface area contributed by atoms with Gasteiger partial charge >= 0.3 is 0 Å². The molecular formula is C16H33Cl2N3O. The Hall–Kier alpha value is -0.0300. The molecule has 22 heavy (non-hydrogen) atoms. The maximum Gasteiger partial charge on any atom is 0.237 e. The van der Waals surface area contributed by atoms with Crippen molar-refractivity contribution in [1.82, 2.24) is 15.5 Å². The average molecular weight is 354 g/mol. The summed E-state index contributed by atoms with van der Waals surface area (Å²) in [5.41, 5.74) is 0. The third-order valence-electron chi connectivity index (χ3n) is 4.81. The summed E-state index contributed by atoms with van der Waals surface area (Å²) in [4.78, 5) is 14.4. The summed E-state index contributed by atoms with van der Waals surface area (Å²) >= 11 is 0. The molecule has 2 rings (SSSR count). The molecule has 132 valence electrons. The lowest BCUT2D eigenvalue weighted by molar-refractivity contribution is -0.123. The van der Waals surface area contributed by atoms with Gasteiger partial charge in [0.05, 0.1) is 6.04 Å². The lowest BCUT2D eigenvalue weighted by Gasteiger charge is -2.31. The fraction of sp³-hybridized carbons (Fsp3) is 0.938. The second kappa shape index (κ2) is 12.4. The molecule has 1 aliphatic heterocycles. The molecule has 0 aromatic carbocycles. The zero-order valence-electron chi connectivity index (χ0n) is 13.8. The fourth-order valence-corrected chi connectivity index (χ4v) is 3.44. The molecule has 1 heterocycles. The van der Waals surface area contributed by atoms with E-state index in [2.05, 4.69) is 22.6 Å². The van der Waals surface area contributed by atoms with Crippen LogP contribution in [0, 0.1) is 0 Å². The summed E-state index contributed by atoms with van der Waals surface area (Å²) in [5, 5.41) is 6.38. The molecule has 1 atom stereocenters.